The van der Waals surface area contributed by atoms with E-state index in [0.29, 0.717) is 11.5 Å². The van der Waals surface area contributed by atoms with E-state index >= 15 is 0 Å². The second kappa shape index (κ2) is 8.12. The summed E-state index contributed by atoms with van der Waals surface area (Å²) in [5, 5.41) is 11.2. The van der Waals surface area contributed by atoms with Crippen LogP contribution in [0.5, 0.6) is 5.75 Å². The second-order valence-electron chi connectivity index (χ2n) is 7.06. The molecule has 1 N–H and O–H groups in total. The van der Waals surface area contributed by atoms with Crippen molar-refractivity contribution in [1.82, 2.24) is 0 Å². The maximum atomic E-state index is 14.6. The zero-order valence-electron chi connectivity index (χ0n) is 16.9. The molecule has 0 radical (unpaired) electrons. The van der Waals surface area contributed by atoms with Gasteiger partial charge in [0.1, 0.15) is 40.7 Å². The van der Waals surface area contributed by atoms with E-state index in [0.717, 1.165) is 23.1 Å². The van der Waals surface area contributed by atoms with Crippen molar-refractivity contribution in [3.8, 4) is 5.75 Å². The Balaban J connectivity index is 2.00. The lowest BCUT2D eigenvalue weighted by atomic mass is 9.99. The van der Waals surface area contributed by atoms with Crippen LogP contribution in [0.1, 0.15) is 23.1 Å². The smallest absolute Gasteiger partial charge is 0.300 e. The van der Waals surface area contributed by atoms with Crippen molar-refractivity contribution in [3.63, 3.8) is 0 Å². The largest absolute Gasteiger partial charge is 0.507 e. The van der Waals surface area contributed by atoms with E-state index in [1.165, 1.54) is 25.3 Å². The lowest BCUT2D eigenvalue weighted by Gasteiger charge is -2.24. The number of hydrogen-bond donors (Lipinski definition) is 1. The summed E-state index contributed by atoms with van der Waals surface area (Å²) < 4.78 is 39.3. The number of rotatable bonds is 4. The van der Waals surface area contributed by atoms with Crippen LogP contribution in [-0.2, 0) is 9.59 Å². The zero-order valence-corrected chi connectivity index (χ0v) is 17.6. The van der Waals surface area contributed by atoms with Crippen LogP contribution in [0.3, 0.4) is 0 Å². The number of hydrogen-bond acceptors (Lipinski definition) is 5. The number of ketones is 1. The lowest BCUT2D eigenvalue weighted by Crippen LogP contribution is -2.30. The second-order valence-corrected chi connectivity index (χ2v) is 7.47. The van der Waals surface area contributed by atoms with Gasteiger partial charge in [0.2, 0.25) is 0 Å². The molecule has 6 nitrogen and oxygen atoms in total. The number of aliphatic hydroxyl groups is 1. The van der Waals surface area contributed by atoms with Crippen LogP contribution in [0.25, 0.3) is 5.76 Å². The van der Waals surface area contributed by atoms with Crippen LogP contribution >= 0.6 is 11.6 Å². The van der Waals surface area contributed by atoms with Gasteiger partial charge in [-0.3, -0.25) is 14.5 Å². The fourth-order valence-corrected chi connectivity index (χ4v) is 3.79. The van der Waals surface area contributed by atoms with E-state index in [2.05, 4.69) is 0 Å². The number of furan rings is 1. The number of methoxy groups -OCH3 is 1. The minimum Gasteiger partial charge on any atom is -0.507 e. The molecular formula is C23H16ClF2NO5. The summed E-state index contributed by atoms with van der Waals surface area (Å²) >= 11 is 6.22. The van der Waals surface area contributed by atoms with Crippen molar-refractivity contribution in [3.05, 3.63) is 87.8 Å². The number of anilines is 1. The van der Waals surface area contributed by atoms with E-state index in [1.54, 1.807) is 19.1 Å². The number of Topliss-reactive ketones (excluding diaryl/α,β-unsaturated/α-hetero) is 1. The van der Waals surface area contributed by atoms with Gasteiger partial charge in [-0.05, 0) is 49.4 Å². The van der Waals surface area contributed by atoms with Crippen LogP contribution in [0, 0.1) is 18.6 Å². The molecule has 3 aromatic rings. The van der Waals surface area contributed by atoms with Gasteiger partial charge in [-0.15, -0.1) is 0 Å². The molecule has 0 aliphatic carbocycles. The molecule has 1 unspecified atom stereocenters. The Morgan fingerprint density at radius 3 is 2.53 bits per heavy atom. The molecule has 1 amide bonds. The fraction of sp³-hybridized carbons (Fsp3) is 0.130. The van der Waals surface area contributed by atoms with E-state index in [1.807, 2.05) is 0 Å². The molecule has 1 atom stereocenters. The Hall–Kier alpha value is -3.65. The average molecular weight is 460 g/mol. The molecule has 2 aromatic carbocycles. The molecule has 0 bridgehead atoms. The van der Waals surface area contributed by atoms with Crippen LogP contribution in [0.4, 0.5) is 14.5 Å². The van der Waals surface area contributed by atoms with Gasteiger partial charge in [0.15, 0.2) is 0 Å². The molecule has 1 aliphatic heterocycles. The topological polar surface area (TPSA) is 80.0 Å². The monoisotopic (exact) mass is 459 g/mol. The highest BCUT2D eigenvalue weighted by atomic mass is 35.5. The summed E-state index contributed by atoms with van der Waals surface area (Å²) in [6.07, 6.45) is 0. The molecule has 0 spiro atoms. The highest BCUT2D eigenvalue weighted by molar-refractivity contribution is 6.52. The first kappa shape index (κ1) is 21.6. The van der Waals surface area contributed by atoms with Gasteiger partial charge in [0.05, 0.1) is 23.4 Å². The number of ether oxygens (including phenoxy) is 1. The lowest BCUT2D eigenvalue weighted by molar-refractivity contribution is -0.132. The minimum atomic E-state index is -1.36. The number of carbonyl (C=O) groups excluding carboxylic acids is 2. The predicted molar refractivity (Wildman–Crippen MR) is 113 cm³/mol. The Labute approximate surface area is 186 Å². The summed E-state index contributed by atoms with van der Waals surface area (Å²) in [7, 11) is 1.41. The molecule has 1 aliphatic rings. The predicted octanol–water partition coefficient (Wildman–Crippen LogP) is 5.15. The quantitative estimate of drug-likeness (QED) is 0.331. The molecule has 4 rings (SSSR count). The zero-order chi connectivity index (χ0) is 23.2. The van der Waals surface area contributed by atoms with Crippen LogP contribution in [0.2, 0.25) is 5.02 Å². The first-order valence-corrected chi connectivity index (χ1v) is 9.77. The molecule has 1 saturated heterocycles. The van der Waals surface area contributed by atoms with Crippen LogP contribution in [-0.4, -0.2) is 23.9 Å². The normalized spacial score (nSPS) is 17.8. The molecular weight excluding hydrogens is 444 g/mol. The standard InChI is InChI=1S/C23H16ClF2NO5/c1-11-3-8-18(32-11)20-19(21(28)14-10-13(31-2)5-6-15(14)24)22(29)23(30)27(20)17-9-12(25)4-7-16(17)26/h3-10,20,28H,1-2H3/b21-19-. The van der Waals surface area contributed by atoms with Crippen LogP contribution < -0.4 is 9.64 Å². The SMILES string of the molecule is COc1ccc(Cl)c(/C(O)=C2/C(=O)C(=O)N(c3cc(F)ccc3F)C2c2ccc(C)o2)c1. The highest BCUT2D eigenvalue weighted by Gasteiger charge is 2.49. The maximum Gasteiger partial charge on any atom is 0.300 e. The van der Waals surface area contributed by atoms with Gasteiger partial charge >= 0.3 is 0 Å². The maximum absolute atomic E-state index is 14.6. The van der Waals surface area contributed by atoms with Crippen molar-refractivity contribution in [2.75, 3.05) is 12.0 Å². The first-order chi connectivity index (χ1) is 15.2. The number of carbonyl (C=O) groups is 2. The minimum absolute atomic E-state index is 0.0250. The molecule has 9 heteroatoms. The van der Waals surface area contributed by atoms with Crippen molar-refractivity contribution in [1.29, 1.82) is 0 Å². The number of aryl methyl sites for hydroxylation is 1. The van der Waals surface area contributed by atoms with Gasteiger partial charge in [0.25, 0.3) is 11.7 Å². The number of amides is 1. The van der Waals surface area contributed by atoms with E-state index in [9.17, 15) is 23.5 Å². The van der Waals surface area contributed by atoms with Crippen molar-refractivity contribution in [2.24, 2.45) is 0 Å². The molecule has 164 valence electrons. The summed E-state index contributed by atoms with van der Waals surface area (Å²) in [5.74, 6) is -3.75. The van der Waals surface area contributed by atoms with Gasteiger partial charge in [-0.2, -0.15) is 0 Å². The number of nitrogens with zero attached hydrogens (tertiary/aromatic N) is 1. The number of halogens is 3. The molecule has 1 fully saturated rings. The Kier molecular flexibility index (Phi) is 5.48. The van der Waals surface area contributed by atoms with Gasteiger partial charge in [0, 0.05) is 11.6 Å². The average Bonchev–Trinajstić information content (AvgIpc) is 3.31. The van der Waals surface area contributed by atoms with Gasteiger partial charge in [-0.1, -0.05) is 11.6 Å². The van der Waals surface area contributed by atoms with Crippen LogP contribution in [0.15, 0.2) is 58.5 Å². The Bertz CT molecular complexity index is 1280. The summed E-state index contributed by atoms with van der Waals surface area (Å²) in [6.45, 7) is 1.64. The molecule has 32 heavy (non-hydrogen) atoms. The van der Waals surface area contributed by atoms with E-state index < -0.39 is 40.8 Å². The van der Waals surface area contributed by atoms with Crippen molar-refractivity contribution in [2.45, 2.75) is 13.0 Å². The van der Waals surface area contributed by atoms with Gasteiger partial charge in [-0.25, -0.2) is 8.78 Å². The van der Waals surface area contributed by atoms with Gasteiger partial charge < -0.3 is 14.3 Å². The van der Waals surface area contributed by atoms with Crippen molar-refractivity contribution >= 4 is 34.7 Å². The Morgan fingerprint density at radius 2 is 1.88 bits per heavy atom. The fourth-order valence-electron chi connectivity index (χ4n) is 3.58. The molecule has 0 saturated carbocycles. The molecule has 1 aromatic heterocycles. The van der Waals surface area contributed by atoms with E-state index in [4.69, 9.17) is 20.8 Å². The third-order valence-electron chi connectivity index (χ3n) is 5.07. The third kappa shape index (κ3) is 3.52. The third-order valence-corrected chi connectivity index (χ3v) is 5.40. The number of aliphatic hydroxyl groups excluding tert-OH is 1. The highest BCUT2D eigenvalue weighted by Crippen LogP contribution is 2.44. The van der Waals surface area contributed by atoms with E-state index in [-0.39, 0.29) is 21.9 Å². The summed E-state index contributed by atoms with van der Waals surface area (Å²) in [5.41, 5.74) is -0.831. The Morgan fingerprint density at radius 1 is 1.12 bits per heavy atom. The van der Waals surface area contributed by atoms with Crippen molar-refractivity contribution < 1.29 is 32.6 Å². The molecule has 2 heterocycles. The first-order valence-electron chi connectivity index (χ1n) is 9.39. The number of benzene rings is 2. The summed E-state index contributed by atoms with van der Waals surface area (Å²) in [4.78, 5) is 26.7. The summed E-state index contributed by atoms with van der Waals surface area (Å²) in [6, 6.07) is 8.61.